The third kappa shape index (κ3) is 2.67. The van der Waals surface area contributed by atoms with E-state index in [0.29, 0.717) is 17.9 Å². The van der Waals surface area contributed by atoms with Crippen molar-refractivity contribution in [3.63, 3.8) is 0 Å². The molecule has 0 heterocycles. The summed E-state index contributed by atoms with van der Waals surface area (Å²) in [4.78, 5) is 11.3. The van der Waals surface area contributed by atoms with Crippen molar-refractivity contribution in [3.05, 3.63) is 29.3 Å². The van der Waals surface area contributed by atoms with Gasteiger partial charge in [-0.1, -0.05) is 31.5 Å². The van der Waals surface area contributed by atoms with E-state index < -0.39 is 11.5 Å². The maximum Gasteiger partial charge on any atom is 0.329 e. The number of aliphatic carboxylic acids is 1. The third-order valence-corrected chi connectivity index (χ3v) is 3.06. The molecule has 0 saturated heterocycles. The molecule has 3 nitrogen and oxygen atoms in total. The van der Waals surface area contributed by atoms with Crippen LogP contribution in [0.1, 0.15) is 26.7 Å². The van der Waals surface area contributed by atoms with Crippen molar-refractivity contribution < 1.29 is 9.90 Å². The van der Waals surface area contributed by atoms with Crippen LogP contribution in [0.3, 0.4) is 0 Å². The van der Waals surface area contributed by atoms with Crippen molar-refractivity contribution in [1.82, 2.24) is 0 Å². The van der Waals surface area contributed by atoms with E-state index in [1.54, 1.807) is 18.2 Å². The minimum absolute atomic E-state index is 0.519. The summed E-state index contributed by atoms with van der Waals surface area (Å²) in [5, 5.41) is 12.9. The fourth-order valence-corrected chi connectivity index (χ4v) is 1.82. The van der Waals surface area contributed by atoms with E-state index in [0.717, 1.165) is 5.69 Å². The largest absolute Gasteiger partial charge is 0.480 e. The molecule has 88 valence electrons. The van der Waals surface area contributed by atoms with Gasteiger partial charge in [0.05, 0.1) is 0 Å². The molecule has 1 aromatic carbocycles. The molecule has 0 aliphatic rings. The van der Waals surface area contributed by atoms with Crippen molar-refractivity contribution in [3.8, 4) is 0 Å². The summed E-state index contributed by atoms with van der Waals surface area (Å²) in [7, 11) is 0. The Morgan fingerprint density at radius 1 is 1.44 bits per heavy atom. The van der Waals surface area contributed by atoms with E-state index in [1.165, 1.54) is 0 Å². The summed E-state index contributed by atoms with van der Waals surface area (Å²) in [6.45, 7) is 3.71. The first kappa shape index (κ1) is 12.8. The highest BCUT2D eigenvalue weighted by molar-refractivity contribution is 6.30. The van der Waals surface area contributed by atoms with E-state index in [9.17, 15) is 9.90 Å². The first-order valence-electron chi connectivity index (χ1n) is 5.31. The highest BCUT2D eigenvalue weighted by atomic mass is 35.5. The van der Waals surface area contributed by atoms with Crippen LogP contribution in [0.25, 0.3) is 0 Å². The Kier molecular flexibility index (Phi) is 4.19. The van der Waals surface area contributed by atoms with Gasteiger partial charge in [-0.05, 0) is 31.0 Å². The highest BCUT2D eigenvalue weighted by Gasteiger charge is 2.34. The minimum atomic E-state index is -0.912. The normalized spacial score (nSPS) is 11.2. The van der Waals surface area contributed by atoms with Crippen molar-refractivity contribution in [1.29, 1.82) is 0 Å². The maximum atomic E-state index is 11.3. The molecule has 16 heavy (non-hydrogen) atoms. The summed E-state index contributed by atoms with van der Waals surface area (Å²) in [6, 6.07) is 7.09. The molecule has 0 saturated carbocycles. The first-order chi connectivity index (χ1) is 7.54. The quantitative estimate of drug-likeness (QED) is 0.831. The van der Waals surface area contributed by atoms with Gasteiger partial charge in [0, 0.05) is 10.7 Å². The lowest BCUT2D eigenvalue weighted by atomic mass is 9.92. The fourth-order valence-electron chi connectivity index (χ4n) is 1.63. The predicted molar refractivity (Wildman–Crippen MR) is 66.0 cm³/mol. The van der Waals surface area contributed by atoms with Crippen LogP contribution < -0.4 is 5.32 Å². The molecule has 0 atom stereocenters. The SMILES string of the molecule is CCC(CC)(Nc1cccc(Cl)c1)C(=O)O. The van der Waals surface area contributed by atoms with Crippen molar-refractivity contribution in [2.24, 2.45) is 0 Å². The van der Waals surface area contributed by atoms with Gasteiger partial charge in [0.2, 0.25) is 0 Å². The number of halogens is 1. The molecule has 0 aliphatic carbocycles. The summed E-state index contributed by atoms with van der Waals surface area (Å²) in [5.41, 5.74) is -0.177. The number of anilines is 1. The molecule has 0 aromatic heterocycles. The minimum Gasteiger partial charge on any atom is -0.480 e. The topological polar surface area (TPSA) is 49.3 Å². The number of carboxylic acid groups (broad SMARTS) is 1. The van der Waals surface area contributed by atoms with Crippen molar-refractivity contribution in [2.75, 3.05) is 5.32 Å². The lowest BCUT2D eigenvalue weighted by molar-refractivity contribution is -0.142. The summed E-state index contributed by atoms with van der Waals surface area (Å²) >= 11 is 5.85. The van der Waals surface area contributed by atoms with Crippen LogP contribution in [0, 0.1) is 0 Å². The lowest BCUT2D eigenvalue weighted by Crippen LogP contribution is -2.45. The Hall–Kier alpha value is -1.22. The van der Waals surface area contributed by atoms with Crippen LogP contribution in [-0.4, -0.2) is 16.6 Å². The van der Waals surface area contributed by atoms with E-state index >= 15 is 0 Å². The maximum absolute atomic E-state index is 11.3. The van der Waals surface area contributed by atoms with Crippen LogP contribution in [0.2, 0.25) is 5.02 Å². The number of hydrogen-bond donors (Lipinski definition) is 2. The van der Waals surface area contributed by atoms with Crippen LogP contribution in [0.15, 0.2) is 24.3 Å². The van der Waals surface area contributed by atoms with Gasteiger partial charge >= 0.3 is 5.97 Å². The number of carbonyl (C=O) groups is 1. The van der Waals surface area contributed by atoms with Gasteiger partial charge in [-0.25, -0.2) is 4.79 Å². The number of nitrogens with one attached hydrogen (secondary N) is 1. The van der Waals surface area contributed by atoms with Crippen LogP contribution >= 0.6 is 11.6 Å². The molecule has 0 bridgehead atoms. The second kappa shape index (κ2) is 5.21. The molecule has 1 aromatic rings. The average Bonchev–Trinajstić information content (AvgIpc) is 2.25. The molecule has 0 aliphatic heterocycles. The Bertz CT molecular complexity index is 375. The van der Waals surface area contributed by atoms with Gasteiger partial charge < -0.3 is 10.4 Å². The smallest absolute Gasteiger partial charge is 0.329 e. The Morgan fingerprint density at radius 2 is 2.06 bits per heavy atom. The van der Waals surface area contributed by atoms with Crippen LogP contribution in [0.5, 0.6) is 0 Å². The van der Waals surface area contributed by atoms with E-state index in [-0.39, 0.29) is 0 Å². The van der Waals surface area contributed by atoms with E-state index in [2.05, 4.69) is 5.32 Å². The Labute approximate surface area is 100 Å². The zero-order chi connectivity index (χ0) is 12.2. The predicted octanol–water partition coefficient (Wildman–Crippen LogP) is 3.40. The summed E-state index contributed by atoms with van der Waals surface area (Å²) in [6.07, 6.45) is 1.04. The van der Waals surface area contributed by atoms with Crippen LogP contribution in [0.4, 0.5) is 5.69 Å². The molecule has 0 amide bonds. The molecule has 0 unspecified atom stereocenters. The molecule has 4 heteroatoms. The molecule has 2 N–H and O–H groups in total. The van der Waals surface area contributed by atoms with Gasteiger partial charge in [-0.15, -0.1) is 0 Å². The molecular weight excluding hydrogens is 226 g/mol. The molecular formula is C12H16ClNO2. The van der Waals surface area contributed by atoms with E-state index in [1.807, 2.05) is 19.9 Å². The zero-order valence-corrected chi connectivity index (χ0v) is 10.2. The highest BCUT2D eigenvalue weighted by Crippen LogP contribution is 2.24. The van der Waals surface area contributed by atoms with Gasteiger partial charge in [0.1, 0.15) is 5.54 Å². The molecule has 0 radical (unpaired) electrons. The standard InChI is InChI=1S/C12H16ClNO2/c1-3-12(4-2,11(15)16)14-10-7-5-6-9(13)8-10/h5-8,14H,3-4H2,1-2H3,(H,15,16). The summed E-state index contributed by atoms with van der Waals surface area (Å²) < 4.78 is 0. The molecule has 0 spiro atoms. The number of benzene rings is 1. The summed E-state index contributed by atoms with van der Waals surface area (Å²) in [5.74, 6) is -0.836. The number of rotatable bonds is 5. The van der Waals surface area contributed by atoms with Gasteiger partial charge in [0.25, 0.3) is 0 Å². The Morgan fingerprint density at radius 3 is 2.50 bits per heavy atom. The van der Waals surface area contributed by atoms with Gasteiger partial charge in [-0.2, -0.15) is 0 Å². The number of carboxylic acids is 1. The molecule has 1 rings (SSSR count). The van der Waals surface area contributed by atoms with Gasteiger partial charge in [0.15, 0.2) is 0 Å². The zero-order valence-electron chi connectivity index (χ0n) is 9.46. The molecule has 0 fully saturated rings. The monoisotopic (exact) mass is 241 g/mol. The average molecular weight is 242 g/mol. The number of hydrogen-bond acceptors (Lipinski definition) is 2. The van der Waals surface area contributed by atoms with Crippen LogP contribution in [-0.2, 0) is 4.79 Å². The van der Waals surface area contributed by atoms with Crippen molar-refractivity contribution >= 4 is 23.3 Å². The second-order valence-electron chi connectivity index (χ2n) is 3.73. The van der Waals surface area contributed by atoms with E-state index in [4.69, 9.17) is 11.6 Å². The lowest BCUT2D eigenvalue weighted by Gasteiger charge is -2.29. The fraction of sp³-hybridized carbons (Fsp3) is 0.417. The van der Waals surface area contributed by atoms with Gasteiger partial charge in [-0.3, -0.25) is 0 Å². The Balaban J connectivity index is 2.96. The third-order valence-electron chi connectivity index (χ3n) is 2.82. The second-order valence-corrected chi connectivity index (χ2v) is 4.17. The van der Waals surface area contributed by atoms with Crippen molar-refractivity contribution in [2.45, 2.75) is 32.2 Å². The first-order valence-corrected chi connectivity index (χ1v) is 5.69.